The summed E-state index contributed by atoms with van der Waals surface area (Å²) in [6.45, 7) is 3.03. The predicted octanol–water partition coefficient (Wildman–Crippen LogP) is 3.23. The first-order valence-electron chi connectivity index (χ1n) is 4.40. The van der Waals surface area contributed by atoms with Crippen molar-refractivity contribution in [2.24, 2.45) is 0 Å². The van der Waals surface area contributed by atoms with Crippen molar-refractivity contribution in [1.29, 1.82) is 0 Å². The van der Waals surface area contributed by atoms with Gasteiger partial charge in [0.15, 0.2) is 0 Å². The van der Waals surface area contributed by atoms with E-state index in [1.165, 1.54) is 13.8 Å². The third-order valence-electron chi connectivity index (χ3n) is 2.12. The van der Waals surface area contributed by atoms with Crippen LogP contribution in [0.2, 0.25) is 0 Å². The molecule has 0 unspecified atom stereocenters. The van der Waals surface area contributed by atoms with E-state index < -0.39 is 23.3 Å². The first-order chi connectivity index (χ1) is 7.24. The normalized spacial score (nSPS) is 11.3. The maximum atomic E-state index is 13.2. The van der Waals surface area contributed by atoms with Gasteiger partial charge in [-0.1, -0.05) is 0 Å². The summed E-state index contributed by atoms with van der Waals surface area (Å²) in [5.74, 6) is -1.54. The fourth-order valence-electron chi connectivity index (χ4n) is 1.26. The number of hydrogen-bond donors (Lipinski definition) is 2. The van der Waals surface area contributed by atoms with Crippen molar-refractivity contribution in [1.82, 2.24) is 5.32 Å². The zero-order valence-corrected chi connectivity index (χ0v) is 10.2. The van der Waals surface area contributed by atoms with Crippen molar-refractivity contribution in [3.05, 3.63) is 33.8 Å². The molecule has 1 aromatic rings. The van der Waals surface area contributed by atoms with Crippen LogP contribution in [0.4, 0.5) is 13.6 Å². The minimum Gasteiger partial charge on any atom is -0.465 e. The number of hydrogen-bond acceptors (Lipinski definition) is 1. The fraction of sp³-hybridized carbons (Fsp3) is 0.300. The molecule has 0 atom stereocenters. The lowest BCUT2D eigenvalue weighted by molar-refractivity contribution is 0.182. The molecule has 16 heavy (non-hydrogen) atoms. The number of rotatable bonds is 2. The lowest BCUT2D eigenvalue weighted by atomic mass is 9.94. The summed E-state index contributed by atoms with van der Waals surface area (Å²) < 4.78 is 26.2. The summed E-state index contributed by atoms with van der Waals surface area (Å²) in [4.78, 5) is 10.5. The molecule has 1 aromatic carbocycles. The van der Waals surface area contributed by atoms with Crippen LogP contribution >= 0.6 is 15.9 Å². The molecule has 0 bridgehead atoms. The van der Waals surface area contributed by atoms with Crippen molar-refractivity contribution < 1.29 is 18.7 Å². The molecule has 3 nitrogen and oxygen atoms in total. The second kappa shape index (κ2) is 4.37. The Morgan fingerprint density at radius 2 is 1.81 bits per heavy atom. The van der Waals surface area contributed by atoms with Gasteiger partial charge in [-0.25, -0.2) is 13.6 Å². The maximum Gasteiger partial charge on any atom is 0.405 e. The minimum atomic E-state index is -1.26. The topological polar surface area (TPSA) is 49.3 Å². The third-order valence-corrected chi connectivity index (χ3v) is 2.88. The number of halogens is 3. The zero-order valence-electron chi connectivity index (χ0n) is 8.64. The molecule has 0 aromatic heterocycles. The van der Waals surface area contributed by atoms with Gasteiger partial charge in [0.1, 0.15) is 11.6 Å². The van der Waals surface area contributed by atoms with Crippen LogP contribution in [0, 0.1) is 11.6 Å². The van der Waals surface area contributed by atoms with E-state index in [1.807, 2.05) is 0 Å². The highest BCUT2D eigenvalue weighted by atomic mass is 79.9. The Morgan fingerprint density at radius 1 is 1.38 bits per heavy atom. The van der Waals surface area contributed by atoms with Crippen molar-refractivity contribution >= 4 is 22.0 Å². The van der Waals surface area contributed by atoms with Crippen molar-refractivity contribution in [3.63, 3.8) is 0 Å². The van der Waals surface area contributed by atoms with Gasteiger partial charge in [0, 0.05) is 0 Å². The van der Waals surface area contributed by atoms with Gasteiger partial charge in [-0.05, 0) is 47.5 Å². The molecule has 0 spiro atoms. The van der Waals surface area contributed by atoms with E-state index in [0.29, 0.717) is 0 Å². The molecule has 0 saturated carbocycles. The van der Waals surface area contributed by atoms with Gasteiger partial charge in [0.25, 0.3) is 0 Å². The van der Waals surface area contributed by atoms with Gasteiger partial charge in [-0.3, -0.25) is 0 Å². The standard InChI is InChI=1S/C10H10BrF2NO2/c1-10(2,14-9(15)16)5-3-6(12)8(11)7(13)4-5/h3-4,14H,1-2H3,(H,15,16). The molecule has 0 aliphatic heterocycles. The first kappa shape index (κ1) is 12.9. The van der Waals surface area contributed by atoms with Crippen molar-refractivity contribution in [3.8, 4) is 0 Å². The average Bonchev–Trinajstić information content (AvgIpc) is 2.11. The Labute approximate surface area is 99.6 Å². The van der Waals surface area contributed by atoms with Crippen LogP contribution in [0.1, 0.15) is 19.4 Å². The molecule has 88 valence electrons. The van der Waals surface area contributed by atoms with E-state index in [9.17, 15) is 13.6 Å². The third kappa shape index (κ3) is 2.69. The molecule has 2 N–H and O–H groups in total. The molecular weight excluding hydrogens is 284 g/mol. The van der Waals surface area contributed by atoms with Crippen molar-refractivity contribution in [2.75, 3.05) is 0 Å². The van der Waals surface area contributed by atoms with Gasteiger partial charge in [0.2, 0.25) is 0 Å². The molecule has 0 fully saturated rings. The molecule has 6 heteroatoms. The van der Waals surface area contributed by atoms with E-state index in [-0.39, 0.29) is 10.0 Å². The van der Waals surface area contributed by atoms with Crippen molar-refractivity contribution in [2.45, 2.75) is 19.4 Å². The van der Waals surface area contributed by atoms with Gasteiger partial charge in [0.05, 0.1) is 10.0 Å². The molecule has 0 heterocycles. The first-order valence-corrected chi connectivity index (χ1v) is 5.19. The summed E-state index contributed by atoms with van der Waals surface area (Å²) in [6, 6.07) is 2.17. The molecule has 1 rings (SSSR count). The molecule has 0 radical (unpaired) electrons. The Kier molecular flexibility index (Phi) is 3.52. The van der Waals surface area contributed by atoms with E-state index in [0.717, 1.165) is 12.1 Å². The van der Waals surface area contributed by atoms with Crippen LogP contribution in [0.25, 0.3) is 0 Å². The van der Waals surface area contributed by atoms with Crippen LogP contribution < -0.4 is 5.32 Å². The Bertz CT molecular complexity index is 412. The lowest BCUT2D eigenvalue weighted by Crippen LogP contribution is -2.40. The molecule has 0 saturated heterocycles. The summed E-state index contributed by atoms with van der Waals surface area (Å²) in [5.41, 5.74) is -0.845. The quantitative estimate of drug-likeness (QED) is 0.823. The second-order valence-corrected chi connectivity index (χ2v) is 4.60. The molecule has 1 amide bonds. The molecule has 0 aliphatic carbocycles. The van der Waals surface area contributed by atoms with Crippen LogP contribution in [-0.2, 0) is 5.54 Å². The zero-order chi connectivity index (χ0) is 12.5. The van der Waals surface area contributed by atoms with Crippen LogP contribution in [0.5, 0.6) is 0 Å². The molecule has 0 aliphatic rings. The molecular formula is C10H10BrF2NO2. The Morgan fingerprint density at radius 3 is 2.19 bits per heavy atom. The van der Waals surface area contributed by atoms with E-state index in [1.54, 1.807) is 0 Å². The van der Waals surface area contributed by atoms with E-state index >= 15 is 0 Å². The SMILES string of the molecule is CC(C)(NC(=O)O)c1cc(F)c(Br)c(F)c1. The summed E-state index contributed by atoms with van der Waals surface area (Å²) in [6.07, 6.45) is -1.26. The van der Waals surface area contributed by atoms with Crippen LogP contribution in [-0.4, -0.2) is 11.2 Å². The Hall–Kier alpha value is -1.17. The average molecular weight is 294 g/mol. The fourth-order valence-corrected chi connectivity index (χ4v) is 1.48. The highest BCUT2D eigenvalue weighted by Crippen LogP contribution is 2.27. The lowest BCUT2D eigenvalue weighted by Gasteiger charge is -2.25. The predicted molar refractivity (Wildman–Crippen MR) is 58.2 cm³/mol. The van der Waals surface area contributed by atoms with Gasteiger partial charge >= 0.3 is 6.09 Å². The number of amides is 1. The van der Waals surface area contributed by atoms with E-state index in [2.05, 4.69) is 21.2 Å². The van der Waals surface area contributed by atoms with Gasteiger partial charge in [-0.15, -0.1) is 0 Å². The highest BCUT2D eigenvalue weighted by molar-refractivity contribution is 9.10. The summed E-state index contributed by atoms with van der Waals surface area (Å²) >= 11 is 2.74. The van der Waals surface area contributed by atoms with Crippen LogP contribution in [0.3, 0.4) is 0 Å². The summed E-state index contributed by atoms with van der Waals surface area (Å²) in [7, 11) is 0. The number of carbonyl (C=O) groups is 1. The van der Waals surface area contributed by atoms with Gasteiger partial charge < -0.3 is 10.4 Å². The monoisotopic (exact) mass is 293 g/mol. The van der Waals surface area contributed by atoms with Crippen LogP contribution in [0.15, 0.2) is 16.6 Å². The van der Waals surface area contributed by atoms with E-state index in [4.69, 9.17) is 5.11 Å². The largest absolute Gasteiger partial charge is 0.465 e. The maximum absolute atomic E-state index is 13.2. The minimum absolute atomic E-state index is 0.216. The van der Waals surface area contributed by atoms with Gasteiger partial charge in [-0.2, -0.15) is 0 Å². The number of benzene rings is 1. The highest BCUT2D eigenvalue weighted by Gasteiger charge is 2.25. The number of carboxylic acid groups (broad SMARTS) is 1. The summed E-state index contributed by atoms with van der Waals surface area (Å²) in [5, 5.41) is 10.8. The Balaban J connectivity index is 3.18. The smallest absolute Gasteiger partial charge is 0.405 e. The number of nitrogens with one attached hydrogen (secondary N) is 1. The second-order valence-electron chi connectivity index (χ2n) is 3.81.